The predicted molar refractivity (Wildman–Crippen MR) is 87.5 cm³/mol. The summed E-state index contributed by atoms with van der Waals surface area (Å²) >= 11 is 0. The Balaban J connectivity index is 1.71. The van der Waals surface area contributed by atoms with Crippen LogP contribution in [0.15, 0.2) is 17.2 Å². The molecule has 5 rings (SSSR count). The van der Waals surface area contributed by atoms with Crippen molar-refractivity contribution in [2.24, 2.45) is 11.0 Å². The normalized spacial score (nSPS) is 31.2. The topological polar surface area (TPSA) is 55.3 Å². The van der Waals surface area contributed by atoms with Gasteiger partial charge in [0.05, 0.1) is 39.1 Å². The van der Waals surface area contributed by atoms with E-state index in [1.807, 2.05) is 12.1 Å². The first-order valence-corrected chi connectivity index (χ1v) is 8.13. The van der Waals surface area contributed by atoms with Crippen molar-refractivity contribution in [2.45, 2.75) is 24.9 Å². The molecule has 4 aliphatic rings. The van der Waals surface area contributed by atoms with Gasteiger partial charge in [0.15, 0.2) is 11.5 Å². The third kappa shape index (κ3) is 2.16. The fourth-order valence-electron chi connectivity index (χ4n) is 4.19. The molecule has 6 heteroatoms. The van der Waals surface area contributed by atoms with Gasteiger partial charge in [0.2, 0.25) is 5.75 Å². The highest BCUT2D eigenvalue weighted by molar-refractivity contribution is 5.95. The van der Waals surface area contributed by atoms with E-state index in [2.05, 4.69) is 15.4 Å². The average Bonchev–Trinajstić information content (AvgIpc) is 3.08. The fourth-order valence-corrected chi connectivity index (χ4v) is 4.19. The summed E-state index contributed by atoms with van der Waals surface area (Å²) < 4.78 is 16.4. The largest absolute Gasteiger partial charge is 0.493 e. The van der Waals surface area contributed by atoms with Crippen LogP contribution >= 0.6 is 0 Å². The van der Waals surface area contributed by atoms with Crippen molar-refractivity contribution < 1.29 is 14.2 Å². The van der Waals surface area contributed by atoms with Crippen LogP contribution in [0, 0.1) is 5.92 Å². The van der Waals surface area contributed by atoms with Gasteiger partial charge in [-0.05, 0) is 43.6 Å². The molecule has 4 heterocycles. The minimum atomic E-state index is 0.141. The molecule has 0 unspecified atom stereocenters. The van der Waals surface area contributed by atoms with Crippen LogP contribution in [0.2, 0.25) is 0 Å². The van der Waals surface area contributed by atoms with Gasteiger partial charge in [-0.1, -0.05) is 0 Å². The summed E-state index contributed by atoms with van der Waals surface area (Å²) in [5.41, 5.74) is 5.79. The number of hydrogen-bond donors (Lipinski definition) is 1. The van der Waals surface area contributed by atoms with Crippen LogP contribution in [-0.2, 0) is 0 Å². The molecule has 23 heavy (non-hydrogen) atoms. The lowest BCUT2D eigenvalue weighted by Crippen LogP contribution is -2.56. The van der Waals surface area contributed by atoms with Crippen LogP contribution in [0.5, 0.6) is 17.2 Å². The summed E-state index contributed by atoms with van der Waals surface area (Å²) in [5.74, 6) is 2.65. The molecule has 3 fully saturated rings. The molecule has 0 spiro atoms. The molecular formula is C17H23N3O3. The van der Waals surface area contributed by atoms with Gasteiger partial charge >= 0.3 is 0 Å². The molecule has 0 saturated carbocycles. The van der Waals surface area contributed by atoms with Gasteiger partial charge in [-0.15, -0.1) is 0 Å². The van der Waals surface area contributed by atoms with Crippen molar-refractivity contribution in [3.8, 4) is 17.2 Å². The predicted octanol–water partition coefficient (Wildman–Crippen LogP) is 1.81. The molecule has 1 N–H and O–H groups in total. The fraction of sp³-hybridized carbons (Fsp3) is 0.588. The molecule has 0 amide bonds. The Morgan fingerprint density at radius 1 is 1.04 bits per heavy atom. The van der Waals surface area contributed by atoms with Crippen molar-refractivity contribution in [3.63, 3.8) is 0 Å². The van der Waals surface area contributed by atoms with E-state index in [-0.39, 0.29) is 6.04 Å². The SMILES string of the molecule is COc1cc([C@H]2NN=C3C4CCN(CC4)[C@H]32)cc(OC)c1OC. The van der Waals surface area contributed by atoms with E-state index in [4.69, 9.17) is 14.2 Å². The van der Waals surface area contributed by atoms with Crippen molar-refractivity contribution in [1.82, 2.24) is 10.3 Å². The summed E-state index contributed by atoms with van der Waals surface area (Å²) in [6.07, 6.45) is 2.47. The van der Waals surface area contributed by atoms with Gasteiger partial charge in [-0.25, -0.2) is 0 Å². The van der Waals surface area contributed by atoms with Gasteiger partial charge in [-0.2, -0.15) is 5.10 Å². The molecule has 2 bridgehead atoms. The van der Waals surface area contributed by atoms with Crippen LogP contribution < -0.4 is 19.6 Å². The minimum absolute atomic E-state index is 0.141. The van der Waals surface area contributed by atoms with Crippen molar-refractivity contribution in [2.75, 3.05) is 34.4 Å². The molecular weight excluding hydrogens is 294 g/mol. The Hall–Kier alpha value is -1.95. The number of ether oxygens (including phenoxy) is 3. The van der Waals surface area contributed by atoms with Gasteiger partial charge in [0, 0.05) is 5.92 Å². The molecule has 124 valence electrons. The Bertz CT molecular complexity index is 613. The number of nitrogens with zero attached hydrogens (tertiary/aromatic N) is 2. The van der Waals surface area contributed by atoms with Crippen LogP contribution in [0.4, 0.5) is 0 Å². The number of rotatable bonds is 4. The second-order valence-corrected chi connectivity index (χ2v) is 6.36. The molecule has 4 aliphatic heterocycles. The maximum Gasteiger partial charge on any atom is 0.203 e. The summed E-state index contributed by atoms with van der Waals surface area (Å²) in [5, 5.41) is 4.66. The van der Waals surface area contributed by atoms with Crippen LogP contribution in [0.3, 0.4) is 0 Å². The Labute approximate surface area is 136 Å². The van der Waals surface area contributed by atoms with E-state index >= 15 is 0 Å². The van der Waals surface area contributed by atoms with Crippen LogP contribution in [-0.4, -0.2) is 51.1 Å². The zero-order valence-corrected chi connectivity index (χ0v) is 13.8. The quantitative estimate of drug-likeness (QED) is 0.918. The van der Waals surface area contributed by atoms with E-state index in [0.29, 0.717) is 29.2 Å². The van der Waals surface area contributed by atoms with E-state index in [1.54, 1.807) is 21.3 Å². The van der Waals surface area contributed by atoms with Crippen molar-refractivity contribution in [1.29, 1.82) is 0 Å². The molecule has 1 aromatic rings. The highest BCUT2D eigenvalue weighted by atomic mass is 16.5. The first-order chi connectivity index (χ1) is 11.3. The Morgan fingerprint density at radius 2 is 1.70 bits per heavy atom. The third-order valence-electron chi connectivity index (χ3n) is 5.34. The summed E-state index contributed by atoms with van der Waals surface area (Å²) in [6, 6.07) is 4.55. The second kappa shape index (κ2) is 5.60. The lowest BCUT2D eigenvalue weighted by molar-refractivity contribution is 0.133. The molecule has 0 radical (unpaired) electrons. The number of piperidine rings is 3. The number of methoxy groups -OCH3 is 3. The Kier molecular flexibility index (Phi) is 3.56. The van der Waals surface area contributed by atoms with Gasteiger partial charge in [0.25, 0.3) is 0 Å². The van der Waals surface area contributed by atoms with Crippen LogP contribution in [0.1, 0.15) is 24.4 Å². The van der Waals surface area contributed by atoms with E-state index in [9.17, 15) is 0 Å². The van der Waals surface area contributed by atoms with E-state index in [1.165, 1.54) is 18.6 Å². The maximum absolute atomic E-state index is 5.49. The molecule has 6 nitrogen and oxygen atoms in total. The summed E-state index contributed by atoms with van der Waals surface area (Å²) in [6.45, 7) is 2.33. The molecule has 1 aromatic carbocycles. The zero-order valence-electron chi connectivity index (χ0n) is 13.8. The number of hydrazone groups is 1. The average molecular weight is 317 g/mol. The monoisotopic (exact) mass is 317 g/mol. The third-order valence-corrected chi connectivity index (χ3v) is 5.34. The molecule has 3 saturated heterocycles. The minimum Gasteiger partial charge on any atom is -0.493 e. The molecule has 0 aromatic heterocycles. The first-order valence-electron chi connectivity index (χ1n) is 8.13. The van der Waals surface area contributed by atoms with E-state index < -0.39 is 0 Å². The van der Waals surface area contributed by atoms with Crippen LogP contribution in [0.25, 0.3) is 0 Å². The highest BCUT2D eigenvalue weighted by Gasteiger charge is 2.47. The number of benzene rings is 1. The maximum atomic E-state index is 5.49. The molecule has 2 atom stereocenters. The number of hydrogen-bond acceptors (Lipinski definition) is 6. The first kappa shape index (κ1) is 14.6. The zero-order chi connectivity index (χ0) is 16.0. The van der Waals surface area contributed by atoms with Gasteiger partial charge < -0.3 is 19.6 Å². The standard InChI is InChI=1S/C17H23N3O3/c1-21-12-8-11(9-13(22-2)17(12)23-3)15-16-14(18-19-15)10-4-6-20(16)7-5-10/h8-10,15-16,19H,4-7H2,1-3H3/t15-,16-/m1/s1. The smallest absolute Gasteiger partial charge is 0.203 e. The summed E-state index contributed by atoms with van der Waals surface area (Å²) in [4.78, 5) is 2.55. The number of nitrogens with one attached hydrogen (secondary N) is 1. The lowest BCUT2D eigenvalue weighted by atomic mass is 9.78. The van der Waals surface area contributed by atoms with Gasteiger partial charge in [-0.3, -0.25) is 4.90 Å². The lowest BCUT2D eigenvalue weighted by Gasteiger charge is -2.45. The Morgan fingerprint density at radius 3 is 2.26 bits per heavy atom. The number of fused-ring (bicyclic) bond motifs is 2. The highest BCUT2D eigenvalue weighted by Crippen LogP contribution is 2.44. The molecule has 0 aliphatic carbocycles. The summed E-state index contributed by atoms with van der Waals surface area (Å²) in [7, 11) is 4.93. The second-order valence-electron chi connectivity index (χ2n) is 6.36. The van der Waals surface area contributed by atoms with E-state index in [0.717, 1.165) is 18.7 Å². The van der Waals surface area contributed by atoms with Crippen molar-refractivity contribution in [3.05, 3.63) is 17.7 Å². The van der Waals surface area contributed by atoms with Gasteiger partial charge in [0.1, 0.15) is 0 Å². The van der Waals surface area contributed by atoms with Crippen molar-refractivity contribution >= 4 is 5.71 Å².